The van der Waals surface area contributed by atoms with E-state index < -0.39 is 97.0 Å². The third-order valence-corrected chi connectivity index (χ3v) is 6.18. The minimum Gasteiger partial charge on any atom is -0.481 e. The van der Waals surface area contributed by atoms with Gasteiger partial charge in [0.2, 0.25) is 30.5 Å². The lowest BCUT2D eigenvalue weighted by Crippen LogP contribution is -2.55. The van der Waals surface area contributed by atoms with E-state index in [1.54, 1.807) is 20.8 Å². The molecule has 0 aromatic heterocycles. The molecule has 0 radical (unpaired) electrons. The van der Waals surface area contributed by atoms with Crippen LogP contribution in [0.4, 0.5) is 9.18 Å². The predicted octanol–water partition coefficient (Wildman–Crippen LogP) is -0.293. The number of nitrogens with two attached hydrogens (primary N) is 1. The summed E-state index contributed by atoms with van der Waals surface area (Å²) in [7, 11) is 1.29. The number of esters is 1. The number of aliphatic carboxylic acids is 1. The first-order valence-electron chi connectivity index (χ1n) is 13.0. The zero-order valence-electron chi connectivity index (χ0n) is 23.9. The van der Waals surface area contributed by atoms with Gasteiger partial charge in [0.15, 0.2) is 0 Å². The smallest absolute Gasteiger partial charge is 0.408 e. The van der Waals surface area contributed by atoms with Crippen molar-refractivity contribution < 1.29 is 52.5 Å². The average molecular weight is 590 g/mol. The monoisotopic (exact) mass is 589 g/mol. The number of amides is 5. The van der Waals surface area contributed by atoms with Crippen molar-refractivity contribution in [2.75, 3.05) is 13.9 Å². The summed E-state index contributed by atoms with van der Waals surface area (Å²) in [6, 6.07) is -4.64. The van der Waals surface area contributed by atoms with Crippen molar-refractivity contribution >= 4 is 41.7 Å². The van der Waals surface area contributed by atoms with Crippen LogP contribution >= 0.6 is 0 Å². The van der Waals surface area contributed by atoms with Gasteiger partial charge >= 0.3 is 18.0 Å². The molecule has 15 nitrogen and oxygen atoms in total. The maximum Gasteiger partial charge on any atom is 0.408 e. The van der Waals surface area contributed by atoms with Gasteiger partial charge in [-0.3, -0.25) is 24.0 Å². The number of carbonyl (C=O) groups excluding carboxylic acids is 6. The van der Waals surface area contributed by atoms with Crippen LogP contribution in [0.3, 0.4) is 0 Å². The third-order valence-electron chi connectivity index (χ3n) is 6.18. The number of carbonyl (C=O) groups is 7. The molecule has 0 aromatic carbocycles. The standard InChI is InChI=1S/C25H40FN5O10/c1-13(23(38)40-12-26)28-21(36)17(11-18(27)32)31(5)22(37)14-7-6-8-15(9-14)29-20(35)16(10-19(33)34)30-24(39)41-25(2,3)4/h13-17H,6-12H2,1-5H3,(H2,27,32)(H,28,36)(H,29,35)(H,30,39)(H,33,34)/t13-,14-,15+,16-,17-/m0/s1. The normalized spacial score (nSPS) is 19.0. The van der Waals surface area contributed by atoms with Crippen molar-refractivity contribution in [1.82, 2.24) is 20.9 Å². The number of carboxylic acid groups (broad SMARTS) is 1. The van der Waals surface area contributed by atoms with Crippen LogP contribution in [0.15, 0.2) is 0 Å². The van der Waals surface area contributed by atoms with Crippen molar-refractivity contribution in [3.8, 4) is 0 Å². The number of hydrogen-bond acceptors (Lipinski definition) is 9. The number of ether oxygens (including phenoxy) is 2. The molecule has 0 aliphatic heterocycles. The highest BCUT2D eigenvalue weighted by Gasteiger charge is 2.37. The molecule has 1 fully saturated rings. The number of hydrogen-bond donors (Lipinski definition) is 5. The van der Waals surface area contributed by atoms with Crippen molar-refractivity contribution in [3.63, 3.8) is 0 Å². The Bertz CT molecular complexity index is 1000. The first-order valence-corrected chi connectivity index (χ1v) is 13.0. The molecule has 0 bridgehead atoms. The molecule has 5 amide bonds. The Hall–Kier alpha value is -3.98. The Labute approximate surface area is 237 Å². The summed E-state index contributed by atoms with van der Waals surface area (Å²) in [6.45, 7) is 4.66. The van der Waals surface area contributed by atoms with Gasteiger partial charge in [0.1, 0.15) is 23.7 Å². The van der Waals surface area contributed by atoms with E-state index in [-0.39, 0.29) is 6.42 Å². The molecule has 0 aromatic rings. The summed E-state index contributed by atoms with van der Waals surface area (Å²) in [4.78, 5) is 86.8. The lowest BCUT2D eigenvalue weighted by atomic mass is 9.84. The second-order valence-electron chi connectivity index (χ2n) is 10.8. The minimum atomic E-state index is -1.43. The van der Waals surface area contributed by atoms with Gasteiger partial charge in [-0.1, -0.05) is 6.42 Å². The summed E-state index contributed by atoms with van der Waals surface area (Å²) in [5.41, 5.74) is 4.39. The van der Waals surface area contributed by atoms with Gasteiger partial charge in [-0.05, 0) is 47.0 Å². The topological polar surface area (TPSA) is 224 Å². The summed E-state index contributed by atoms with van der Waals surface area (Å²) in [5, 5.41) is 16.4. The molecule has 6 N–H and O–H groups in total. The molecule has 41 heavy (non-hydrogen) atoms. The molecular formula is C25H40FN5O10. The minimum absolute atomic E-state index is 0.130. The Morgan fingerprint density at radius 2 is 1.68 bits per heavy atom. The Balaban J connectivity index is 2.94. The summed E-state index contributed by atoms with van der Waals surface area (Å²) in [6.07, 6.45) is -0.742. The van der Waals surface area contributed by atoms with Crippen LogP contribution in [0.2, 0.25) is 0 Å². The first-order chi connectivity index (χ1) is 18.9. The van der Waals surface area contributed by atoms with E-state index in [0.29, 0.717) is 19.3 Å². The summed E-state index contributed by atoms with van der Waals surface area (Å²) in [5.74, 6) is -6.14. The van der Waals surface area contributed by atoms with Gasteiger partial charge in [-0.25, -0.2) is 14.0 Å². The number of nitrogens with zero attached hydrogens (tertiary/aromatic N) is 1. The maximum absolute atomic E-state index is 13.3. The van der Waals surface area contributed by atoms with E-state index in [9.17, 15) is 43.1 Å². The Morgan fingerprint density at radius 3 is 2.22 bits per heavy atom. The highest BCUT2D eigenvalue weighted by Crippen LogP contribution is 2.27. The SMILES string of the molecule is C[C@H](NC(=O)[C@H](CC(N)=O)N(C)C(=O)[C@H]1CCC[C@@H](NC(=O)[C@H](CC(=O)O)NC(=O)OC(C)(C)C)C1)C(=O)OCF. The van der Waals surface area contributed by atoms with Crippen LogP contribution in [-0.4, -0.2) is 95.3 Å². The molecule has 16 heteroatoms. The number of primary amides is 1. The third kappa shape index (κ3) is 12.4. The first kappa shape index (κ1) is 35.0. The van der Waals surface area contributed by atoms with Crippen molar-refractivity contribution in [1.29, 1.82) is 0 Å². The van der Waals surface area contributed by atoms with Gasteiger partial charge in [0.25, 0.3) is 0 Å². The van der Waals surface area contributed by atoms with Crippen LogP contribution in [-0.2, 0) is 38.2 Å². The van der Waals surface area contributed by atoms with Gasteiger partial charge in [-0.2, -0.15) is 0 Å². The fraction of sp³-hybridized carbons (Fsp3) is 0.720. The lowest BCUT2D eigenvalue weighted by Gasteiger charge is -2.35. The van der Waals surface area contributed by atoms with Gasteiger partial charge in [-0.15, -0.1) is 0 Å². The van der Waals surface area contributed by atoms with Crippen LogP contribution < -0.4 is 21.7 Å². The second kappa shape index (κ2) is 15.7. The lowest BCUT2D eigenvalue weighted by molar-refractivity contribution is -0.152. The van der Waals surface area contributed by atoms with Crippen LogP contribution in [0.1, 0.15) is 66.2 Å². The van der Waals surface area contributed by atoms with E-state index in [4.69, 9.17) is 10.5 Å². The molecule has 0 spiro atoms. The molecule has 0 heterocycles. The fourth-order valence-corrected chi connectivity index (χ4v) is 4.27. The largest absolute Gasteiger partial charge is 0.481 e. The van der Waals surface area contributed by atoms with Crippen molar-refractivity contribution in [2.45, 2.75) is 96.0 Å². The molecule has 1 rings (SSSR count). The molecule has 1 saturated carbocycles. The number of halogens is 1. The maximum atomic E-state index is 13.3. The quantitative estimate of drug-likeness (QED) is 0.176. The second-order valence-corrected chi connectivity index (χ2v) is 10.8. The highest BCUT2D eigenvalue weighted by molar-refractivity contribution is 5.94. The molecular weight excluding hydrogens is 549 g/mol. The highest BCUT2D eigenvalue weighted by atomic mass is 19.1. The van der Waals surface area contributed by atoms with Crippen LogP contribution in [0.25, 0.3) is 0 Å². The number of alkyl carbamates (subject to hydrolysis) is 1. The molecule has 1 aliphatic rings. The molecule has 0 unspecified atom stereocenters. The molecule has 5 atom stereocenters. The van der Waals surface area contributed by atoms with E-state index in [2.05, 4.69) is 20.7 Å². The van der Waals surface area contributed by atoms with E-state index in [1.165, 1.54) is 14.0 Å². The summed E-state index contributed by atoms with van der Waals surface area (Å²) >= 11 is 0. The van der Waals surface area contributed by atoms with Crippen LogP contribution in [0, 0.1) is 5.92 Å². The van der Waals surface area contributed by atoms with Crippen molar-refractivity contribution in [2.24, 2.45) is 11.7 Å². The predicted molar refractivity (Wildman–Crippen MR) is 139 cm³/mol. The summed E-state index contributed by atoms with van der Waals surface area (Å²) < 4.78 is 21.6. The zero-order chi connectivity index (χ0) is 31.5. The molecule has 1 aliphatic carbocycles. The Morgan fingerprint density at radius 1 is 1.05 bits per heavy atom. The van der Waals surface area contributed by atoms with Crippen molar-refractivity contribution in [3.05, 3.63) is 0 Å². The average Bonchev–Trinajstić information content (AvgIpc) is 2.84. The van der Waals surface area contributed by atoms with Gasteiger partial charge < -0.3 is 41.2 Å². The number of alkyl halides is 1. The molecule has 0 saturated heterocycles. The molecule has 232 valence electrons. The van der Waals surface area contributed by atoms with Crippen LogP contribution in [0.5, 0.6) is 0 Å². The van der Waals surface area contributed by atoms with Gasteiger partial charge in [0.05, 0.1) is 12.8 Å². The number of nitrogens with one attached hydrogen (secondary N) is 3. The zero-order valence-corrected chi connectivity index (χ0v) is 23.9. The number of carboxylic acids is 1. The Kier molecular flexibility index (Phi) is 13.4. The number of likely N-dealkylation sites (N-methyl/N-ethyl adjacent to an activating group) is 1. The van der Waals surface area contributed by atoms with E-state index in [0.717, 1.165) is 4.90 Å². The van der Waals surface area contributed by atoms with E-state index >= 15 is 0 Å². The fourth-order valence-electron chi connectivity index (χ4n) is 4.27. The van der Waals surface area contributed by atoms with E-state index in [1.807, 2.05) is 0 Å². The van der Waals surface area contributed by atoms with Gasteiger partial charge in [0, 0.05) is 19.0 Å². The number of rotatable bonds is 13.